The van der Waals surface area contributed by atoms with Crippen molar-refractivity contribution in [3.63, 3.8) is 0 Å². The first kappa shape index (κ1) is 10.3. The van der Waals surface area contributed by atoms with Gasteiger partial charge in [0, 0.05) is 12.6 Å². The van der Waals surface area contributed by atoms with Crippen LogP contribution in [0.25, 0.3) is 0 Å². The molecule has 3 heteroatoms. The quantitative estimate of drug-likeness (QED) is 0.768. The Bertz CT molecular complexity index is 265. The van der Waals surface area contributed by atoms with Gasteiger partial charge in [0.25, 0.3) is 0 Å². The summed E-state index contributed by atoms with van der Waals surface area (Å²) in [5.74, 6) is 0. The molecule has 1 aromatic rings. The van der Waals surface area contributed by atoms with E-state index in [-0.39, 0.29) is 0 Å². The summed E-state index contributed by atoms with van der Waals surface area (Å²) in [5, 5.41) is 7.80. The van der Waals surface area contributed by atoms with Crippen LogP contribution < -0.4 is 5.32 Å². The Morgan fingerprint density at radius 3 is 2.77 bits per heavy atom. The first-order valence-corrected chi connectivity index (χ1v) is 4.96. The van der Waals surface area contributed by atoms with E-state index in [9.17, 15) is 0 Å². The molecule has 1 unspecified atom stereocenters. The van der Waals surface area contributed by atoms with Crippen molar-refractivity contribution in [1.82, 2.24) is 15.1 Å². The fourth-order valence-electron chi connectivity index (χ4n) is 1.58. The Labute approximate surface area is 80.1 Å². The smallest absolute Gasteiger partial charge is 0.0597 e. The fourth-order valence-corrected chi connectivity index (χ4v) is 1.58. The molecule has 0 saturated carbocycles. The Morgan fingerprint density at radius 2 is 2.23 bits per heavy atom. The van der Waals surface area contributed by atoms with Gasteiger partial charge in [-0.25, -0.2) is 0 Å². The van der Waals surface area contributed by atoms with E-state index in [1.165, 1.54) is 5.69 Å². The molecule has 1 rings (SSSR count). The molecule has 1 heterocycles. The molecule has 0 fully saturated rings. The molecule has 74 valence electrons. The van der Waals surface area contributed by atoms with E-state index in [4.69, 9.17) is 0 Å². The second-order valence-corrected chi connectivity index (χ2v) is 3.31. The van der Waals surface area contributed by atoms with Gasteiger partial charge in [-0.05, 0) is 33.4 Å². The molecule has 0 aromatic carbocycles. The molecular weight excluding hydrogens is 162 g/mol. The topological polar surface area (TPSA) is 29.9 Å². The lowest BCUT2D eigenvalue weighted by Gasteiger charge is -2.13. The SMILES string of the molecule is CCNC(C)c1cc(C)nn1CC. The van der Waals surface area contributed by atoms with Crippen molar-refractivity contribution in [2.75, 3.05) is 6.54 Å². The molecule has 1 atom stereocenters. The van der Waals surface area contributed by atoms with Crippen molar-refractivity contribution < 1.29 is 0 Å². The van der Waals surface area contributed by atoms with Gasteiger partial charge in [-0.1, -0.05) is 6.92 Å². The zero-order valence-electron chi connectivity index (χ0n) is 8.96. The van der Waals surface area contributed by atoms with Gasteiger partial charge in [-0.15, -0.1) is 0 Å². The van der Waals surface area contributed by atoms with E-state index < -0.39 is 0 Å². The molecule has 0 amide bonds. The normalized spacial score (nSPS) is 13.2. The lowest BCUT2D eigenvalue weighted by Crippen LogP contribution is -2.20. The van der Waals surface area contributed by atoms with Crippen molar-refractivity contribution in [2.45, 2.75) is 40.3 Å². The number of aromatic nitrogens is 2. The minimum atomic E-state index is 0.395. The van der Waals surface area contributed by atoms with Gasteiger partial charge in [0.15, 0.2) is 0 Å². The van der Waals surface area contributed by atoms with Gasteiger partial charge in [-0.2, -0.15) is 5.10 Å². The van der Waals surface area contributed by atoms with Crippen LogP contribution in [0.1, 0.15) is 38.2 Å². The standard InChI is InChI=1S/C10H19N3/c1-5-11-9(4)10-7-8(3)12-13(10)6-2/h7,9,11H,5-6H2,1-4H3. The van der Waals surface area contributed by atoms with Crippen molar-refractivity contribution in [3.8, 4) is 0 Å². The molecule has 0 bridgehead atoms. The summed E-state index contributed by atoms with van der Waals surface area (Å²) in [6.07, 6.45) is 0. The van der Waals surface area contributed by atoms with E-state index >= 15 is 0 Å². The maximum atomic E-state index is 4.41. The van der Waals surface area contributed by atoms with E-state index in [2.05, 4.69) is 41.9 Å². The Balaban J connectivity index is 2.84. The van der Waals surface area contributed by atoms with Crippen LogP contribution >= 0.6 is 0 Å². The average molecular weight is 181 g/mol. The van der Waals surface area contributed by atoms with E-state index in [0.29, 0.717) is 6.04 Å². The zero-order valence-corrected chi connectivity index (χ0v) is 8.96. The van der Waals surface area contributed by atoms with Gasteiger partial charge < -0.3 is 5.32 Å². The molecule has 0 spiro atoms. The van der Waals surface area contributed by atoms with Crippen molar-refractivity contribution in [2.24, 2.45) is 0 Å². The third-order valence-electron chi connectivity index (χ3n) is 2.19. The van der Waals surface area contributed by atoms with Gasteiger partial charge in [0.1, 0.15) is 0 Å². The zero-order chi connectivity index (χ0) is 9.84. The van der Waals surface area contributed by atoms with Gasteiger partial charge in [-0.3, -0.25) is 4.68 Å². The van der Waals surface area contributed by atoms with Crippen molar-refractivity contribution >= 4 is 0 Å². The summed E-state index contributed by atoms with van der Waals surface area (Å²) in [6.45, 7) is 10.4. The van der Waals surface area contributed by atoms with Crippen LogP contribution in [0, 0.1) is 6.92 Å². The summed E-state index contributed by atoms with van der Waals surface area (Å²) in [7, 11) is 0. The third-order valence-corrected chi connectivity index (χ3v) is 2.19. The number of rotatable bonds is 4. The average Bonchev–Trinajstić information content (AvgIpc) is 2.47. The van der Waals surface area contributed by atoms with Crippen molar-refractivity contribution in [1.29, 1.82) is 0 Å². The van der Waals surface area contributed by atoms with E-state index in [0.717, 1.165) is 18.8 Å². The summed E-state index contributed by atoms with van der Waals surface area (Å²) in [5.41, 5.74) is 2.38. The number of nitrogens with one attached hydrogen (secondary N) is 1. The molecule has 0 radical (unpaired) electrons. The third kappa shape index (κ3) is 2.31. The van der Waals surface area contributed by atoms with Crippen LogP contribution in [0.2, 0.25) is 0 Å². The van der Waals surface area contributed by atoms with Crippen molar-refractivity contribution in [3.05, 3.63) is 17.5 Å². The summed E-state index contributed by atoms with van der Waals surface area (Å²) < 4.78 is 2.06. The monoisotopic (exact) mass is 181 g/mol. The molecule has 0 aliphatic heterocycles. The number of hydrogen-bond acceptors (Lipinski definition) is 2. The van der Waals surface area contributed by atoms with E-state index in [1.807, 2.05) is 6.92 Å². The van der Waals surface area contributed by atoms with Gasteiger partial charge in [0.05, 0.1) is 11.4 Å². The number of hydrogen-bond donors (Lipinski definition) is 1. The van der Waals surface area contributed by atoms with Gasteiger partial charge in [0.2, 0.25) is 0 Å². The Hall–Kier alpha value is -0.830. The van der Waals surface area contributed by atoms with Crippen LogP contribution in [-0.4, -0.2) is 16.3 Å². The lowest BCUT2D eigenvalue weighted by molar-refractivity contribution is 0.521. The minimum Gasteiger partial charge on any atom is -0.309 e. The summed E-state index contributed by atoms with van der Waals surface area (Å²) >= 11 is 0. The maximum absolute atomic E-state index is 4.41. The van der Waals surface area contributed by atoms with Crippen LogP contribution in [0.4, 0.5) is 0 Å². The molecule has 0 aliphatic carbocycles. The minimum absolute atomic E-state index is 0.395. The molecule has 3 nitrogen and oxygen atoms in total. The van der Waals surface area contributed by atoms with Crippen LogP contribution in [0.15, 0.2) is 6.07 Å². The van der Waals surface area contributed by atoms with Gasteiger partial charge >= 0.3 is 0 Å². The predicted molar refractivity (Wildman–Crippen MR) is 54.7 cm³/mol. The predicted octanol–water partition coefficient (Wildman–Crippen LogP) is 1.88. The highest BCUT2D eigenvalue weighted by molar-refractivity contribution is 5.12. The molecule has 1 N–H and O–H groups in total. The van der Waals surface area contributed by atoms with E-state index in [1.54, 1.807) is 0 Å². The first-order chi connectivity index (χ1) is 6.19. The molecule has 1 aromatic heterocycles. The second kappa shape index (κ2) is 4.42. The molecule has 0 aliphatic rings. The number of nitrogens with zero attached hydrogens (tertiary/aromatic N) is 2. The highest BCUT2D eigenvalue weighted by Gasteiger charge is 2.10. The fraction of sp³-hybridized carbons (Fsp3) is 0.700. The van der Waals surface area contributed by atoms with Crippen LogP contribution in [-0.2, 0) is 6.54 Å². The number of aryl methyl sites for hydroxylation is 2. The highest BCUT2D eigenvalue weighted by Crippen LogP contribution is 2.13. The first-order valence-electron chi connectivity index (χ1n) is 4.96. The lowest BCUT2D eigenvalue weighted by atomic mass is 10.2. The molecule has 0 saturated heterocycles. The van der Waals surface area contributed by atoms with Crippen LogP contribution in [0.3, 0.4) is 0 Å². The maximum Gasteiger partial charge on any atom is 0.0597 e. The Kier molecular flexibility index (Phi) is 3.48. The summed E-state index contributed by atoms with van der Waals surface area (Å²) in [6, 6.07) is 2.54. The molecule has 13 heavy (non-hydrogen) atoms. The Morgan fingerprint density at radius 1 is 1.54 bits per heavy atom. The van der Waals surface area contributed by atoms with Crippen LogP contribution in [0.5, 0.6) is 0 Å². The highest BCUT2D eigenvalue weighted by atomic mass is 15.3. The summed E-state index contributed by atoms with van der Waals surface area (Å²) in [4.78, 5) is 0. The largest absolute Gasteiger partial charge is 0.309 e. The second-order valence-electron chi connectivity index (χ2n) is 3.31. The molecular formula is C10H19N3.